The van der Waals surface area contributed by atoms with E-state index in [1.165, 1.54) is 5.56 Å². The van der Waals surface area contributed by atoms with Crippen LogP contribution in [0.5, 0.6) is 0 Å². The fourth-order valence-corrected chi connectivity index (χ4v) is 2.32. The molecule has 0 aromatic heterocycles. The smallest absolute Gasteiger partial charge is 0.252 e. The molecule has 0 heterocycles. The first kappa shape index (κ1) is 14.1. The molecule has 0 aliphatic rings. The van der Waals surface area contributed by atoms with Crippen LogP contribution in [-0.4, -0.2) is 5.91 Å². The molecule has 0 saturated heterocycles. The van der Waals surface area contributed by atoms with Crippen molar-refractivity contribution in [2.45, 2.75) is 26.8 Å². The van der Waals surface area contributed by atoms with Gasteiger partial charge in [0.05, 0.1) is 6.04 Å². The van der Waals surface area contributed by atoms with Crippen molar-refractivity contribution in [3.63, 3.8) is 0 Å². The van der Waals surface area contributed by atoms with Gasteiger partial charge in [0.2, 0.25) is 0 Å². The number of carbonyl (C=O) groups is 1. The van der Waals surface area contributed by atoms with Gasteiger partial charge in [-0.2, -0.15) is 0 Å². The van der Waals surface area contributed by atoms with Crippen LogP contribution in [0.2, 0.25) is 0 Å². The number of rotatable bonds is 3. The molecule has 3 heteroatoms. The molecule has 104 valence electrons. The summed E-state index contributed by atoms with van der Waals surface area (Å²) in [6.45, 7) is 5.90. The Morgan fingerprint density at radius 2 is 1.80 bits per heavy atom. The van der Waals surface area contributed by atoms with Crippen molar-refractivity contribution < 1.29 is 4.79 Å². The van der Waals surface area contributed by atoms with E-state index in [0.29, 0.717) is 11.3 Å². The van der Waals surface area contributed by atoms with E-state index in [1.54, 1.807) is 18.2 Å². The number of nitrogen functional groups attached to an aromatic ring is 1. The number of carbonyl (C=O) groups excluding carboxylic acids is 1. The molecule has 0 fully saturated rings. The molecule has 2 aromatic rings. The maximum absolute atomic E-state index is 12.3. The molecule has 0 radical (unpaired) electrons. The molecule has 0 aliphatic heterocycles. The topological polar surface area (TPSA) is 55.1 Å². The second-order valence-corrected chi connectivity index (χ2v) is 5.07. The van der Waals surface area contributed by atoms with Crippen molar-refractivity contribution in [2.24, 2.45) is 0 Å². The van der Waals surface area contributed by atoms with Gasteiger partial charge in [0.25, 0.3) is 5.91 Å². The number of amides is 1. The van der Waals surface area contributed by atoms with Gasteiger partial charge >= 0.3 is 0 Å². The van der Waals surface area contributed by atoms with E-state index in [9.17, 15) is 4.79 Å². The molecule has 1 atom stereocenters. The Bertz CT molecular complexity index is 635. The van der Waals surface area contributed by atoms with Gasteiger partial charge < -0.3 is 11.1 Å². The summed E-state index contributed by atoms with van der Waals surface area (Å²) in [4.78, 5) is 12.3. The Labute approximate surface area is 119 Å². The van der Waals surface area contributed by atoms with E-state index in [1.807, 2.05) is 45.0 Å². The number of nitrogens with two attached hydrogens (primary N) is 1. The van der Waals surface area contributed by atoms with E-state index >= 15 is 0 Å². The number of anilines is 1. The van der Waals surface area contributed by atoms with Crippen molar-refractivity contribution in [1.29, 1.82) is 0 Å². The molecule has 0 saturated carbocycles. The lowest BCUT2D eigenvalue weighted by Gasteiger charge is -2.17. The first-order valence-electron chi connectivity index (χ1n) is 6.72. The zero-order valence-electron chi connectivity index (χ0n) is 12.1. The Balaban J connectivity index is 2.20. The molecule has 0 bridgehead atoms. The average Bonchev–Trinajstić information content (AvgIpc) is 2.42. The lowest BCUT2D eigenvalue weighted by Crippen LogP contribution is -2.27. The number of nitrogens with one attached hydrogen (secondary N) is 1. The molecule has 2 rings (SSSR count). The minimum Gasteiger partial charge on any atom is -0.398 e. The van der Waals surface area contributed by atoms with Crippen molar-refractivity contribution in [3.8, 4) is 0 Å². The predicted octanol–water partition coefficient (Wildman–Crippen LogP) is 3.38. The third-order valence-corrected chi connectivity index (χ3v) is 3.62. The normalized spacial score (nSPS) is 11.9. The monoisotopic (exact) mass is 268 g/mol. The molecule has 1 unspecified atom stereocenters. The van der Waals surface area contributed by atoms with Crippen LogP contribution >= 0.6 is 0 Å². The quantitative estimate of drug-likeness (QED) is 0.838. The SMILES string of the molecule is Cc1ccccc1C(C)NC(=O)c1cccc(N)c1C. The molecular weight excluding hydrogens is 248 g/mol. The van der Waals surface area contributed by atoms with Gasteiger partial charge in [-0.25, -0.2) is 0 Å². The van der Waals surface area contributed by atoms with Crippen molar-refractivity contribution in [2.75, 3.05) is 5.73 Å². The van der Waals surface area contributed by atoms with Gasteiger partial charge in [-0.3, -0.25) is 4.79 Å². The van der Waals surface area contributed by atoms with Gasteiger partial charge in [-0.05, 0) is 49.6 Å². The number of hydrogen-bond donors (Lipinski definition) is 2. The van der Waals surface area contributed by atoms with Crippen molar-refractivity contribution in [3.05, 3.63) is 64.7 Å². The highest BCUT2D eigenvalue weighted by molar-refractivity contribution is 5.97. The van der Waals surface area contributed by atoms with Crippen LogP contribution in [-0.2, 0) is 0 Å². The maximum Gasteiger partial charge on any atom is 0.252 e. The molecule has 0 aliphatic carbocycles. The minimum atomic E-state index is -0.0921. The summed E-state index contributed by atoms with van der Waals surface area (Å²) in [7, 11) is 0. The van der Waals surface area contributed by atoms with Crippen molar-refractivity contribution in [1.82, 2.24) is 5.32 Å². The fraction of sp³-hybridized carbons (Fsp3) is 0.235. The molecule has 20 heavy (non-hydrogen) atoms. The van der Waals surface area contributed by atoms with Crippen LogP contribution in [0, 0.1) is 13.8 Å². The van der Waals surface area contributed by atoms with Crippen LogP contribution in [0.4, 0.5) is 5.69 Å². The summed E-state index contributed by atoms with van der Waals surface area (Å²) in [5.74, 6) is -0.0921. The van der Waals surface area contributed by atoms with E-state index in [0.717, 1.165) is 11.1 Å². The standard InChI is InChI=1S/C17H20N2O/c1-11-7-4-5-8-14(11)13(3)19-17(20)15-9-6-10-16(18)12(15)2/h4-10,13H,18H2,1-3H3,(H,19,20). The van der Waals surface area contributed by atoms with Crippen LogP contribution in [0.1, 0.15) is 40.0 Å². The third-order valence-electron chi connectivity index (χ3n) is 3.62. The summed E-state index contributed by atoms with van der Waals surface area (Å²) >= 11 is 0. The van der Waals surface area contributed by atoms with Gasteiger partial charge in [0.15, 0.2) is 0 Å². The van der Waals surface area contributed by atoms with Gasteiger partial charge in [-0.1, -0.05) is 30.3 Å². The first-order chi connectivity index (χ1) is 9.50. The predicted molar refractivity (Wildman–Crippen MR) is 82.7 cm³/mol. The van der Waals surface area contributed by atoms with E-state index in [4.69, 9.17) is 5.73 Å². The largest absolute Gasteiger partial charge is 0.398 e. The summed E-state index contributed by atoms with van der Waals surface area (Å²) in [5, 5.41) is 3.03. The van der Waals surface area contributed by atoms with Crippen LogP contribution in [0.3, 0.4) is 0 Å². The van der Waals surface area contributed by atoms with E-state index < -0.39 is 0 Å². The van der Waals surface area contributed by atoms with E-state index in [-0.39, 0.29) is 11.9 Å². The molecule has 2 aromatic carbocycles. The molecule has 3 N–H and O–H groups in total. The highest BCUT2D eigenvalue weighted by Gasteiger charge is 2.15. The summed E-state index contributed by atoms with van der Waals surface area (Å²) in [5.41, 5.74) is 10.2. The van der Waals surface area contributed by atoms with Crippen LogP contribution < -0.4 is 11.1 Å². The molecule has 1 amide bonds. The van der Waals surface area contributed by atoms with Crippen LogP contribution in [0.25, 0.3) is 0 Å². The third kappa shape index (κ3) is 2.82. The Morgan fingerprint density at radius 3 is 2.50 bits per heavy atom. The van der Waals surface area contributed by atoms with Crippen LogP contribution in [0.15, 0.2) is 42.5 Å². The van der Waals surface area contributed by atoms with Gasteiger partial charge in [0, 0.05) is 11.3 Å². The molecule has 3 nitrogen and oxygen atoms in total. The second kappa shape index (κ2) is 5.78. The Morgan fingerprint density at radius 1 is 1.10 bits per heavy atom. The summed E-state index contributed by atoms with van der Waals surface area (Å²) in [6.07, 6.45) is 0. The summed E-state index contributed by atoms with van der Waals surface area (Å²) in [6, 6.07) is 13.4. The Hall–Kier alpha value is -2.29. The lowest BCUT2D eigenvalue weighted by molar-refractivity contribution is 0.0939. The minimum absolute atomic E-state index is 0.0375. The fourth-order valence-electron chi connectivity index (χ4n) is 2.32. The highest BCUT2D eigenvalue weighted by Crippen LogP contribution is 2.19. The lowest BCUT2D eigenvalue weighted by atomic mass is 10.0. The van der Waals surface area contributed by atoms with Gasteiger partial charge in [-0.15, -0.1) is 0 Å². The zero-order chi connectivity index (χ0) is 14.7. The number of benzene rings is 2. The van der Waals surface area contributed by atoms with E-state index in [2.05, 4.69) is 5.32 Å². The van der Waals surface area contributed by atoms with Gasteiger partial charge in [0.1, 0.15) is 0 Å². The first-order valence-corrected chi connectivity index (χ1v) is 6.72. The molecular formula is C17H20N2O. The number of aryl methyl sites for hydroxylation is 1. The number of hydrogen-bond acceptors (Lipinski definition) is 2. The Kier molecular flexibility index (Phi) is 4.08. The maximum atomic E-state index is 12.3. The second-order valence-electron chi connectivity index (χ2n) is 5.07. The zero-order valence-corrected chi connectivity index (χ0v) is 12.1. The average molecular weight is 268 g/mol. The summed E-state index contributed by atoms with van der Waals surface area (Å²) < 4.78 is 0. The molecule has 0 spiro atoms. The van der Waals surface area contributed by atoms with Crippen molar-refractivity contribution >= 4 is 11.6 Å². The highest BCUT2D eigenvalue weighted by atomic mass is 16.1.